The summed E-state index contributed by atoms with van der Waals surface area (Å²) in [7, 11) is 2.03. The van der Waals surface area contributed by atoms with E-state index in [1.54, 1.807) is 0 Å². The molecule has 1 amide bonds. The van der Waals surface area contributed by atoms with Crippen LogP contribution >= 0.6 is 12.4 Å². The van der Waals surface area contributed by atoms with Crippen LogP contribution in [0.15, 0.2) is 0 Å². The Labute approximate surface area is 129 Å². The molecule has 2 saturated heterocycles. The molecule has 0 aromatic heterocycles. The van der Waals surface area contributed by atoms with Crippen LogP contribution in [0.5, 0.6) is 0 Å². The number of piperidine rings is 1. The number of hydrogen-bond donors (Lipinski definition) is 1. The van der Waals surface area contributed by atoms with Crippen molar-refractivity contribution in [2.75, 3.05) is 7.05 Å². The zero-order valence-electron chi connectivity index (χ0n) is 12.6. The Morgan fingerprint density at radius 2 is 1.70 bits per heavy atom. The summed E-state index contributed by atoms with van der Waals surface area (Å²) in [5, 5.41) is 3.65. The van der Waals surface area contributed by atoms with Gasteiger partial charge in [0.05, 0.1) is 0 Å². The Morgan fingerprint density at radius 3 is 2.30 bits per heavy atom. The Morgan fingerprint density at radius 1 is 1.10 bits per heavy atom. The zero-order valence-corrected chi connectivity index (χ0v) is 13.5. The molecule has 0 radical (unpaired) electrons. The maximum absolute atomic E-state index is 12.3. The van der Waals surface area contributed by atoms with E-state index in [1.165, 1.54) is 51.4 Å². The molecular weight excluding hydrogens is 272 g/mol. The highest BCUT2D eigenvalue weighted by Gasteiger charge is 2.36. The predicted molar refractivity (Wildman–Crippen MR) is 84.2 cm³/mol. The normalized spacial score (nSPS) is 33.0. The van der Waals surface area contributed by atoms with E-state index >= 15 is 0 Å². The second-order valence-electron chi connectivity index (χ2n) is 6.96. The van der Waals surface area contributed by atoms with Gasteiger partial charge in [-0.2, -0.15) is 0 Å². The fourth-order valence-corrected chi connectivity index (χ4v) is 4.35. The summed E-state index contributed by atoms with van der Waals surface area (Å²) in [4.78, 5) is 14.4. The van der Waals surface area contributed by atoms with E-state index in [1.807, 2.05) is 7.05 Å². The summed E-state index contributed by atoms with van der Waals surface area (Å²) >= 11 is 0. The van der Waals surface area contributed by atoms with E-state index in [4.69, 9.17) is 0 Å². The van der Waals surface area contributed by atoms with E-state index in [0.717, 1.165) is 18.8 Å². The fourth-order valence-electron chi connectivity index (χ4n) is 4.35. The van der Waals surface area contributed by atoms with E-state index < -0.39 is 0 Å². The number of rotatable bonds is 4. The molecule has 116 valence electrons. The van der Waals surface area contributed by atoms with Crippen LogP contribution in [0.1, 0.15) is 64.2 Å². The average Bonchev–Trinajstić information content (AvgIpc) is 3.05. The van der Waals surface area contributed by atoms with Gasteiger partial charge in [0.25, 0.3) is 0 Å². The lowest BCUT2D eigenvalue weighted by atomic mass is 9.97. The van der Waals surface area contributed by atoms with E-state index in [-0.39, 0.29) is 12.4 Å². The molecule has 3 fully saturated rings. The molecule has 2 unspecified atom stereocenters. The highest BCUT2D eigenvalue weighted by Crippen LogP contribution is 2.31. The molecule has 0 aromatic rings. The molecule has 20 heavy (non-hydrogen) atoms. The van der Waals surface area contributed by atoms with Gasteiger partial charge in [0, 0.05) is 31.6 Å². The lowest BCUT2D eigenvalue weighted by Crippen LogP contribution is -2.48. The van der Waals surface area contributed by atoms with E-state index in [0.29, 0.717) is 24.0 Å². The summed E-state index contributed by atoms with van der Waals surface area (Å²) in [5.74, 6) is 1.22. The molecule has 1 aliphatic carbocycles. The van der Waals surface area contributed by atoms with Crippen molar-refractivity contribution in [3.8, 4) is 0 Å². The quantitative estimate of drug-likeness (QED) is 0.865. The summed E-state index contributed by atoms with van der Waals surface area (Å²) in [6, 6.07) is 1.84. The molecule has 4 heteroatoms. The molecule has 0 spiro atoms. The highest BCUT2D eigenvalue weighted by molar-refractivity contribution is 5.85. The van der Waals surface area contributed by atoms with Crippen molar-refractivity contribution in [2.45, 2.75) is 82.3 Å². The van der Waals surface area contributed by atoms with Crippen molar-refractivity contribution in [3.05, 3.63) is 0 Å². The molecule has 1 saturated carbocycles. The topological polar surface area (TPSA) is 32.3 Å². The molecule has 0 aromatic carbocycles. The second-order valence-corrected chi connectivity index (χ2v) is 6.96. The Kier molecular flexibility index (Phi) is 5.74. The highest BCUT2D eigenvalue weighted by atomic mass is 35.5. The minimum absolute atomic E-state index is 0. The van der Waals surface area contributed by atoms with Crippen LogP contribution < -0.4 is 5.32 Å². The zero-order chi connectivity index (χ0) is 13.2. The number of hydrogen-bond acceptors (Lipinski definition) is 2. The van der Waals surface area contributed by atoms with Crippen molar-refractivity contribution in [3.63, 3.8) is 0 Å². The van der Waals surface area contributed by atoms with Gasteiger partial charge in [0.2, 0.25) is 5.91 Å². The number of carbonyl (C=O) groups excluding carboxylic acids is 1. The van der Waals surface area contributed by atoms with Gasteiger partial charge in [-0.3, -0.25) is 4.79 Å². The lowest BCUT2D eigenvalue weighted by Gasteiger charge is -2.35. The number of carbonyl (C=O) groups is 1. The summed E-state index contributed by atoms with van der Waals surface area (Å²) < 4.78 is 0. The third-order valence-corrected chi connectivity index (χ3v) is 5.63. The Hall–Kier alpha value is -0.280. The van der Waals surface area contributed by atoms with Gasteiger partial charge in [-0.1, -0.05) is 25.7 Å². The van der Waals surface area contributed by atoms with Gasteiger partial charge in [-0.05, 0) is 38.0 Å². The standard InChI is InChI=1S/C16H28N2O.ClH/c1-18(15-10-13-7-8-14(11-15)17-13)16(19)9-6-12-4-2-3-5-12;/h12-15,17H,2-11H2,1H3;1H. The van der Waals surface area contributed by atoms with Crippen molar-refractivity contribution in [1.29, 1.82) is 0 Å². The second kappa shape index (κ2) is 7.13. The molecule has 3 nitrogen and oxygen atoms in total. The molecule has 3 aliphatic rings. The van der Waals surface area contributed by atoms with Gasteiger partial charge in [0.1, 0.15) is 0 Å². The first kappa shape index (κ1) is 16.1. The number of amides is 1. The van der Waals surface area contributed by atoms with E-state index in [9.17, 15) is 4.79 Å². The Balaban J connectivity index is 0.00000147. The number of nitrogens with one attached hydrogen (secondary N) is 1. The van der Waals surface area contributed by atoms with Crippen LogP contribution in [0.25, 0.3) is 0 Å². The number of nitrogens with zero attached hydrogens (tertiary/aromatic N) is 1. The number of fused-ring (bicyclic) bond motifs is 2. The van der Waals surface area contributed by atoms with Crippen LogP contribution in [-0.4, -0.2) is 36.0 Å². The van der Waals surface area contributed by atoms with Crippen LogP contribution in [0, 0.1) is 5.92 Å². The summed E-state index contributed by atoms with van der Waals surface area (Å²) in [6.07, 6.45) is 12.3. The fraction of sp³-hybridized carbons (Fsp3) is 0.938. The SMILES string of the molecule is CN(C(=O)CCC1CCCC1)C1CC2CCC(C1)N2.Cl. The molecular formula is C16H29ClN2O. The molecule has 2 atom stereocenters. The Bertz CT molecular complexity index is 318. The summed E-state index contributed by atoms with van der Waals surface area (Å²) in [5.41, 5.74) is 0. The molecule has 2 bridgehead atoms. The first-order chi connectivity index (χ1) is 9.22. The predicted octanol–water partition coefficient (Wildman–Crippen LogP) is 3.12. The monoisotopic (exact) mass is 300 g/mol. The van der Waals surface area contributed by atoms with Crippen LogP contribution in [0.3, 0.4) is 0 Å². The maximum Gasteiger partial charge on any atom is 0.222 e. The molecule has 3 rings (SSSR count). The molecule has 1 N–H and O–H groups in total. The average molecular weight is 301 g/mol. The van der Waals surface area contributed by atoms with Gasteiger partial charge >= 0.3 is 0 Å². The van der Waals surface area contributed by atoms with Crippen molar-refractivity contribution in [1.82, 2.24) is 10.2 Å². The van der Waals surface area contributed by atoms with E-state index in [2.05, 4.69) is 10.2 Å². The number of halogens is 1. The van der Waals surface area contributed by atoms with Gasteiger partial charge in [0.15, 0.2) is 0 Å². The van der Waals surface area contributed by atoms with Gasteiger partial charge in [-0.25, -0.2) is 0 Å². The van der Waals surface area contributed by atoms with Gasteiger partial charge in [-0.15, -0.1) is 12.4 Å². The van der Waals surface area contributed by atoms with Crippen LogP contribution in [0.4, 0.5) is 0 Å². The van der Waals surface area contributed by atoms with Crippen molar-refractivity contribution in [2.24, 2.45) is 5.92 Å². The first-order valence-corrected chi connectivity index (χ1v) is 8.24. The maximum atomic E-state index is 12.3. The third-order valence-electron chi connectivity index (χ3n) is 5.63. The lowest BCUT2D eigenvalue weighted by molar-refractivity contribution is -0.133. The molecule has 2 aliphatic heterocycles. The third kappa shape index (κ3) is 3.67. The van der Waals surface area contributed by atoms with Gasteiger partial charge < -0.3 is 10.2 Å². The minimum atomic E-state index is 0. The van der Waals surface area contributed by atoms with Crippen molar-refractivity contribution < 1.29 is 4.79 Å². The minimum Gasteiger partial charge on any atom is -0.343 e. The summed E-state index contributed by atoms with van der Waals surface area (Å²) in [6.45, 7) is 0. The van der Waals surface area contributed by atoms with Crippen LogP contribution in [-0.2, 0) is 4.79 Å². The van der Waals surface area contributed by atoms with Crippen LogP contribution in [0.2, 0.25) is 0 Å². The van der Waals surface area contributed by atoms with Crippen molar-refractivity contribution >= 4 is 18.3 Å². The smallest absolute Gasteiger partial charge is 0.222 e. The first-order valence-electron chi connectivity index (χ1n) is 8.24. The molecule has 2 heterocycles. The largest absolute Gasteiger partial charge is 0.343 e.